The van der Waals surface area contributed by atoms with Crippen LogP contribution in [0.15, 0.2) is 30.6 Å². The summed E-state index contributed by atoms with van der Waals surface area (Å²) in [6.45, 7) is 0.920. The van der Waals surface area contributed by atoms with Gasteiger partial charge in [0.2, 0.25) is 0 Å². The highest BCUT2D eigenvalue weighted by Crippen LogP contribution is 2.42. The molecule has 4 nitrogen and oxygen atoms in total. The largest absolute Gasteiger partial charge is 0.481 e. The molecule has 0 amide bonds. The van der Waals surface area contributed by atoms with Crippen LogP contribution in [0, 0.1) is 11.8 Å². The van der Waals surface area contributed by atoms with Crippen LogP contribution in [0.3, 0.4) is 0 Å². The van der Waals surface area contributed by atoms with Crippen LogP contribution in [0.4, 0.5) is 0 Å². The van der Waals surface area contributed by atoms with E-state index in [1.54, 1.807) is 0 Å². The Hall–Kier alpha value is -1.84. The minimum absolute atomic E-state index is 0.0791. The lowest BCUT2D eigenvalue weighted by Crippen LogP contribution is -2.01. The maximum absolute atomic E-state index is 10.7. The number of aliphatic carboxylic acids is 1. The Balaban J connectivity index is 1.56. The molecule has 0 radical (unpaired) electrons. The van der Waals surface area contributed by atoms with Gasteiger partial charge in [0, 0.05) is 6.54 Å². The van der Waals surface area contributed by atoms with Crippen LogP contribution in [0.1, 0.15) is 19.3 Å². The second kappa shape index (κ2) is 4.44. The molecule has 4 heteroatoms. The summed E-state index contributed by atoms with van der Waals surface area (Å²) in [5.41, 5.74) is 2.18. The Bertz CT molecular complexity index is 576. The van der Waals surface area contributed by atoms with E-state index >= 15 is 0 Å². The van der Waals surface area contributed by atoms with E-state index in [0.717, 1.165) is 36.8 Å². The van der Waals surface area contributed by atoms with Crippen molar-refractivity contribution in [1.82, 2.24) is 9.55 Å². The number of carboxylic acids is 1. The predicted molar refractivity (Wildman–Crippen MR) is 68.2 cm³/mol. The summed E-state index contributed by atoms with van der Waals surface area (Å²) in [6, 6.07) is 8.08. The molecule has 1 fully saturated rings. The fraction of sp³-hybridized carbons (Fsp3) is 0.429. The molecule has 1 heterocycles. The zero-order valence-corrected chi connectivity index (χ0v) is 10.1. The Morgan fingerprint density at radius 3 is 3.06 bits per heavy atom. The topological polar surface area (TPSA) is 55.1 Å². The van der Waals surface area contributed by atoms with Crippen molar-refractivity contribution in [2.24, 2.45) is 11.8 Å². The first-order chi connectivity index (χ1) is 8.75. The van der Waals surface area contributed by atoms with E-state index in [-0.39, 0.29) is 5.92 Å². The van der Waals surface area contributed by atoms with Gasteiger partial charge < -0.3 is 9.67 Å². The van der Waals surface area contributed by atoms with Crippen molar-refractivity contribution in [3.05, 3.63) is 30.6 Å². The minimum Gasteiger partial charge on any atom is -0.481 e. The molecule has 94 valence electrons. The Kier molecular flexibility index (Phi) is 2.78. The SMILES string of the molecule is O=C(O)[C@@H]1C[C@@H]1CCCn1cnc2ccccc21. The molecule has 1 aliphatic carbocycles. The number of benzene rings is 1. The number of imidazole rings is 1. The third-order valence-electron chi connectivity index (χ3n) is 3.74. The van der Waals surface area contributed by atoms with Gasteiger partial charge in [-0.3, -0.25) is 4.79 Å². The fourth-order valence-electron chi connectivity index (χ4n) is 2.58. The smallest absolute Gasteiger partial charge is 0.306 e. The standard InChI is InChI=1S/C14H16N2O2/c17-14(18)11-8-10(11)4-3-7-16-9-15-12-5-1-2-6-13(12)16/h1-2,5-6,9-11H,3-4,7-8H2,(H,17,18)/t10-,11+/m0/s1. The average Bonchev–Trinajstić information content (AvgIpc) is 3.03. The Labute approximate surface area is 105 Å². The second-order valence-electron chi connectivity index (χ2n) is 5.01. The van der Waals surface area contributed by atoms with Gasteiger partial charge in [-0.25, -0.2) is 4.98 Å². The third-order valence-corrected chi connectivity index (χ3v) is 3.74. The predicted octanol–water partition coefficient (Wildman–Crippen LogP) is 2.54. The lowest BCUT2D eigenvalue weighted by Gasteiger charge is -2.03. The Morgan fingerprint density at radius 1 is 1.44 bits per heavy atom. The van der Waals surface area contributed by atoms with Crippen molar-refractivity contribution in [2.45, 2.75) is 25.8 Å². The molecule has 2 aromatic rings. The highest BCUT2D eigenvalue weighted by atomic mass is 16.4. The van der Waals surface area contributed by atoms with Crippen LogP contribution < -0.4 is 0 Å². The van der Waals surface area contributed by atoms with Gasteiger partial charge in [0.1, 0.15) is 0 Å². The zero-order chi connectivity index (χ0) is 12.5. The molecule has 1 N–H and O–H groups in total. The van der Waals surface area contributed by atoms with Gasteiger partial charge in [0.25, 0.3) is 0 Å². The van der Waals surface area contributed by atoms with Crippen molar-refractivity contribution in [2.75, 3.05) is 0 Å². The summed E-state index contributed by atoms with van der Waals surface area (Å²) in [4.78, 5) is 15.1. The zero-order valence-electron chi connectivity index (χ0n) is 10.1. The van der Waals surface area contributed by atoms with Crippen LogP contribution in [0.5, 0.6) is 0 Å². The summed E-state index contributed by atoms with van der Waals surface area (Å²) >= 11 is 0. The molecule has 0 bridgehead atoms. The number of carboxylic acid groups (broad SMARTS) is 1. The van der Waals surface area contributed by atoms with Crippen LogP contribution in [-0.2, 0) is 11.3 Å². The normalized spacial score (nSPS) is 22.2. The molecule has 3 rings (SSSR count). The second-order valence-corrected chi connectivity index (χ2v) is 5.01. The van der Waals surface area contributed by atoms with E-state index in [1.165, 1.54) is 0 Å². The first kappa shape index (κ1) is 11.3. The number of hydrogen-bond donors (Lipinski definition) is 1. The minimum atomic E-state index is -0.631. The Morgan fingerprint density at radius 2 is 2.28 bits per heavy atom. The van der Waals surface area contributed by atoms with E-state index in [4.69, 9.17) is 5.11 Å². The quantitative estimate of drug-likeness (QED) is 0.879. The summed E-state index contributed by atoms with van der Waals surface area (Å²) < 4.78 is 2.15. The van der Waals surface area contributed by atoms with Gasteiger partial charge >= 0.3 is 5.97 Å². The molecular weight excluding hydrogens is 228 g/mol. The number of fused-ring (bicyclic) bond motifs is 1. The summed E-state index contributed by atoms with van der Waals surface area (Å²) in [7, 11) is 0. The number of nitrogens with zero attached hydrogens (tertiary/aromatic N) is 2. The van der Waals surface area contributed by atoms with E-state index in [0.29, 0.717) is 5.92 Å². The number of aryl methyl sites for hydroxylation is 1. The van der Waals surface area contributed by atoms with Crippen molar-refractivity contribution >= 4 is 17.0 Å². The van der Waals surface area contributed by atoms with Gasteiger partial charge in [-0.15, -0.1) is 0 Å². The lowest BCUT2D eigenvalue weighted by molar-refractivity contribution is -0.138. The number of aromatic nitrogens is 2. The van der Waals surface area contributed by atoms with Crippen molar-refractivity contribution in [3.63, 3.8) is 0 Å². The average molecular weight is 244 g/mol. The van der Waals surface area contributed by atoms with Gasteiger partial charge in [-0.1, -0.05) is 12.1 Å². The molecule has 1 aromatic carbocycles. The van der Waals surface area contributed by atoms with Gasteiger partial charge in [-0.05, 0) is 37.3 Å². The van der Waals surface area contributed by atoms with Crippen molar-refractivity contribution < 1.29 is 9.90 Å². The molecule has 2 atom stereocenters. The van der Waals surface area contributed by atoms with Crippen LogP contribution >= 0.6 is 0 Å². The fourth-order valence-corrected chi connectivity index (χ4v) is 2.58. The molecule has 0 saturated heterocycles. The van der Waals surface area contributed by atoms with Crippen LogP contribution in [0.2, 0.25) is 0 Å². The molecule has 0 spiro atoms. The number of hydrogen-bond acceptors (Lipinski definition) is 2. The number of para-hydroxylation sites is 2. The monoisotopic (exact) mass is 244 g/mol. The van der Waals surface area contributed by atoms with Crippen molar-refractivity contribution in [1.29, 1.82) is 0 Å². The molecule has 18 heavy (non-hydrogen) atoms. The van der Waals surface area contributed by atoms with Crippen LogP contribution in [0.25, 0.3) is 11.0 Å². The summed E-state index contributed by atoms with van der Waals surface area (Å²) in [5, 5.41) is 8.83. The first-order valence-electron chi connectivity index (χ1n) is 6.38. The molecule has 0 unspecified atom stereocenters. The molecule has 1 aromatic heterocycles. The van der Waals surface area contributed by atoms with Gasteiger partial charge in [0.15, 0.2) is 0 Å². The molecule has 0 aliphatic heterocycles. The number of carbonyl (C=O) groups is 1. The van der Waals surface area contributed by atoms with Crippen molar-refractivity contribution in [3.8, 4) is 0 Å². The van der Waals surface area contributed by atoms with E-state index in [2.05, 4.69) is 15.6 Å². The maximum atomic E-state index is 10.7. The van der Waals surface area contributed by atoms with E-state index in [1.807, 2.05) is 24.5 Å². The summed E-state index contributed by atoms with van der Waals surface area (Å²) in [5.74, 6) is -0.310. The molecular formula is C14H16N2O2. The highest BCUT2D eigenvalue weighted by molar-refractivity contribution is 5.75. The third kappa shape index (κ3) is 2.10. The maximum Gasteiger partial charge on any atom is 0.306 e. The van der Waals surface area contributed by atoms with Gasteiger partial charge in [-0.2, -0.15) is 0 Å². The van der Waals surface area contributed by atoms with E-state index in [9.17, 15) is 4.79 Å². The number of rotatable bonds is 5. The lowest BCUT2D eigenvalue weighted by atomic mass is 10.2. The first-order valence-corrected chi connectivity index (χ1v) is 6.38. The highest BCUT2D eigenvalue weighted by Gasteiger charge is 2.42. The molecule has 1 saturated carbocycles. The van der Waals surface area contributed by atoms with Gasteiger partial charge in [0.05, 0.1) is 23.3 Å². The summed E-state index contributed by atoms with van der Waals surface area (Å²) in [6.07, 6.45) is 4.75. The van der Waals surface area contributed by atoms with Crippen LogP contribution in [-0.4, -0.2) is 20.6 Å². The molecule has 1 aliphatic rings. The van der Waals surface area contributed by atoms with E-state index < -0.39 is 5.97 Å².